The fraction of sp³-hybridized carbons (Fsp3) is 0.667. The minimum Gasteiger partial charge on any atom is -0.394 e. The summed E-state index contributed by atoms with van der Waals surface area (Å²) in [6, 6.07) is 10.9. The third-order valence-electron chi connectivity index (χ3n) is 4.46. The molecular weight excluding hydrogens is 260 g/mol. The van der Waals surface area contributed by atoms with Crippen LogP contribution in [-0.2, 0) is 5.54 Å². The molecule has 2 unspecified atom stereocenters. The SMILES string of the molecule is CCCC(C)N(C)CCC(CO)(NCC)c1ccccc1. The first-order valence-corrected chi connectivity index (χ1v) is 8.21. The van der Waals surface area contributed by atoms with Crippen LogP contribution in [0.5, 0.6) is 0 Å². The van der Waals surface area contributed by atoms with E-state index in [1.807, 2.05) is 18.2 Å². The molecule has 0 bridgehead atoms. The lowest BCUT2D eigenvalue weighted by Gasteiger charge is -2.36. The monoisotopic (exact) mass is 292 g/mol. The quantitative estimate of drug-likeness (QED) is 0.696. The van der Waals surface area contributed by atoms with Crippen molar-refractivity contribution in [3.05, 3.63) is 35.9 Å². The minimum absolute atomic E-state index is 0.126. The van der Waals surface area contributed by atoms with E-state index in [2.05, 4.69) is 50.2 Å². The van der Waals surface area contributed by atoms with Gasteiger partial charge in [0.05, 0.1) is 12.1 Å². The summed E-state index contributed by atoms with van der Waals surface area (Å²) >= 11 is 0. The highest BCUT2D eigenvalue weighted by Gasteiger charge is 2.30. The fourth-order valence-electron chi connectivity index (χ4n) is 2.88. The van der Waals surface area contributed by atoms with Crippen LogP contribution >= 0.6 is 0 Å². The molecule has 0 saturated carbocycles. The van der Waals surface area contributed by atoms with Gasteiger partial charge in [0, 0.05) is 12.6 Å². The molecule has 2 N–H and O–H groups in total. The van der Waals surface area contributed by atoms with Crippen LogP contribution in [0, 0.1) is 0 Å². The Bertz CT molecular complexity index is 382. The summed E-state index contributed by atoms with van der Waals surface area (Å²) in [5.41, 5.74) is 0.835. The van der Waals surface area contributed by atoms with Crippen molar-refractivity contribution in [2.45, 2.75) is 51.6 Å². The molecule has 0 aromatic heterocycles. The van der Waals surface area contributed by atoms with E-state index in [9.17, 15) is 5.11 Å². The highest BCUT2D eigenvalue weighted by molar-refractivity contribution is 5.24. The summed E-state index contributed by atoms with van der Waals surface area (Å²) < 4.78 is 0. The minimum atomic E-state index is -0.337. The number of benzene rings is 1. The Balaban J connectivity index is 2.79. The maximum absolute atomic E-state index is 10.0. The van der Waals surface area contributed by atoms with Gasteiger partial charge in [-0.2, -0.15) is 0 Å². The first-order valence-electron chi connectivity index (χ1n) is 8.21. The van der Waals surface area contributed by atoms with Crippen LogP contribution in [0.1, 0.15) is 45.6 Å². The molecule has 3 nitrogen and oxygen atoms in total. The van der Waals surface area contributed by atoms with Gasteiger partial charge in [-0.3, -0.25) is 0 Å². The molecule has 1 aromatic carbocycles. The zero-order chi connectivity index (χ0) is 15.7. The normalized spacial score (nSPS) is 15.9. The highest BCUT2D eigenvalue weighted by Crippen LogP contribution is 2.25. The van der Waals surface area contributed by atoms with E-state index in [4.69, 9.17) is 0 Å². The van der Waals surface area contributed by atoms with Crippen molar-refractivity contribution in [1.82, 2.24) is 10.2 Å². The second kappa shape index (κ2) is 9.19. The average Bonchev–Trinajstić information content (AvgIpc) is 2.52. The molecule has 1 rings (SSSR count). The van der Waals surface area contributed by atoms with Crippen molar-refractivity contribution in [2.24, 2.45) is 0 Å². The lowest BCUT2D eigenvalue weighted by molar-refractivity contribution is 0.129. The van der Waals surface area contributed by atoms with Crippen molar-refractivity contribution >= 4 is 0 Å². The zero-order valence-corrected chi connectivity index (χ0v) is 14.1. The van der Waals surface area contributed by atoms with Gasteiger partial charge in [-0.25, -0.2) is 0 Å². The van der Waals surface area contributed by atoms with Gasteiger partial charge in [0.25, 0.3) is 0 Å². The second-order valence-electron chi connectivity index (χ2n) is 6.00. The van der Waals surface area contributed by atoms with Gasteiger partial charge in [-0.05, 0) is 38.9 Å². The van der Waals surface area contributed by atoms with Crippen molar-refractivity contribution in [1.29, 1.82) is 0 Å². The lowest BCUT2D eigenvalue weighted by atomic mass is 9.86. The van der Waals surface area contributed by atoms with Gasteiger partial charge >= 0.3 is 0 Å². The van der Waals surface area contributed by atoms with Gasteiger partial charge in [-0.1, -0.05) is 50.6 Å². The van der Waals surface area contributed by atoms with Crippen LogP contribution in [0.15, 0.2) is 30.3 Å². The van der Waals surface area contributed by atoms with Gasteiger partial charge in [0.15, 0.2) is 0 Å². The predicted octanol–water partition coefficient (Wildman–Crippen LogP) is 2.99. The van der Waals surface area contributed by atoms with E-state index >= 15 is 0 Å². The van der Waals surface area contributed by atoms with Gasteiger partial charge in [0.1, 0.15) is 0 Å². The van der Waals surface area contributed by atoms with Crippen LogP contribution in [0.3, 0.4) is 0 Å². The Labute approximate surface area is 130 Å². The molecule has 21 heavy (non-hydrogen) atoms. The number of likely N-dealkylation sites (N-methyl/N-ethyl adjacent to an activating group) is 1. The maximum atomic E-state index is 10.0. The Kier molecular flexibility index (Phi) is 7.94. The van der Waals surface area contributed by atoms with E-state index in [0.717, 1.165) is 19.5 Å². The second-order valence-corrected chi connectivity index (χ2v) is 6.00. The van der Waals surface area contributed by atoms with Crippen molar-refractivity contribution < 1.29 is 5.11 Å². The van der Waals surface area contributed by atoms with Gasteiger partial charge in [-0.15, -0.1) is 0 Å². The number of aliphatic hydroxyl groups is 1. The topological polar surface area (TPSA) is 35.5 Å². The summed E-state index contributed by atoms with van der Waals surface area (Å²) in [6.07, 6.45) is 3.34. The van der Waals surface area contributed by atoms with Crippen LogP contribution in [0.2, 0.25) is 0 Å². The number of hydrogen-bond acceptors (Lipinski definition) is 3. The summed E-state index contributed by atoms with van der Waals surface area (Å²) in [5.74, 6) is 0. The fourth-order valence-corrected chi connectivity index (χ4v) is 2.88. The standard InChI is InChI=1S/C18H32N2O/c1-5-10-16(3)20(4)14-13-18(15-21,19-6-2)17-11-8-7-9-12-17/h7-9,11-12,16,19,21H,5-6,10,13-15H2,1-4H3. The molecular formula is C18H32N2O. The number of nitrogens with one attached hydrogen (secondary N) is 1. The average molecular weight is 292 g/mol. The summed E-state index contributed by atoms with van der Waals surface area (Å²) in [6.45, 7) is 8.55. The first kappa shape index (κ1) is 18.1. The van der Waals surface area contributed by atoms with E-state index in [1.165, 1.54) is 18.4 Å². The summed E-state index contributed by atoms with van der Waals surface area (Å²) in [7, 11) is 2.18. The molecule has 1 aromatic rings. The lowest BCUT2D eigenvalue weighted by Crippen LogP contribution is -2.48. The molecule has 0 heterocycles. The molecule has 0 aliphatic carbocycles. The molecule has 0 saturated heterocycles. The summed E-state index contributed by atoms with van der Waals surface area (Å²) in [5, 5.41) is 13.5. The van der Waals surface area contributed by atoms with Gasteiger partial charge in [0.2, 0.25) is 0 Å². The van der Waals surface area contributed by atoms with Crippen molar-refractivity contribution in [2.75, 3.05) is 26.7 Å². The number of hydrogen-bond donors (Lipinski definition) is 2. The number of nitrogens with zero attached hydrogens (tertiary/aromatic N) is 1. The molecule has 0 amide bonds. The van der Waals surface area contributed by atoms with Gasteiger partial charge < -0.3 is 15.3 Å². The van der Waals surface area contributed by atoms with Crippen molar-refractivity contribution in [3.63, 3.8) is 0 Å². The Morgan fingerprint density at radius 2 is 1.90 bits per heavy atom. The molecule has 0 radical (unpaired) electrons. The number of aliphatic hydroxyl groups excluding tert-OH is 1. The third-order valence-corrected chi connectivity index (χ3v) is 4.46. The van der Waals surface area contributed by atoms with Crippen LogP contribution in [0.25, 0.3) is 0 Å². The molecule has 0 aliphatic rings. The smallest absolute Gasteiger partial charge is 0.0681 e. The van der Waals surface area contributed by atoms with E-state index in [1.54, 1.807) is 0 Å². The van der Waals surface area contributed by atoms with Crippen LogP contribution in [-0.4, -0.2) is 42.8 Å². The maximum Gasteiger partial charge on any atom is 0.0681 e. The Hall–Kier alpha value is -0.900. The number of rotatable bonds is 10. The Morgan fingerprint density at radius 1 is 1.24 bits per heavy atom. The largest absolute Gasteiger partial charge is 0.394 e. The highest BCUT2D eigenvalue weighted by atomic mass is 16.3. The van der Waals surface area contributed by atoms with Crippen LogP contribution in [0.4, 0.5) is 0 Å². The van der Waals surface area contributed by atoms with Crippen molar-refractivity contribution in [3.8, 4) is 0 Å². The van der Waals surface area contributed by atoms with E-state index < -0.39 is 0 Å². The third kappa shape index (κ3) is 5.10. The molecule has 2 atom stereocenters. The van der Waals surface area contributed by atoms with Crippen LogP contribution < -0.4 is 5.32 Å². The van der Waals surface area contributed by atoms with E-state index in [-0.39, 0.29) is 12.1 Å². The van der Waals surface area contributed by atoms with E-state index in [0.29, 0.717) is 6.04 Å². The first-order chi connectivity index (χ1) is 10.1. The molecule has 0 spiro atoms. The summed E-state index contributed by atoms with van der Waals surface area (Å²) in [4.78, 5) is 2.40. The Morgan fingerprint density at radius 3 is 2.43 bits per heavy atom. The predicted molar refractivity (Wildman–Crippen MR) is 90.5 cm³/mol. The zero-order valence-electron chi connectivity index (χ0n) is 14.1. The molecule has 120 valence electrons. The molecule has 0 fully saturated rings. The molecule has 3 heteroatoms. The molecule has 0 aliphatic heterocycles.